The first-order valence-corrected chi connectivity index (χ1v) is 13.9. The number of anilines is 1. The summed E-state index contributed by atoms with van der Waals surface area (Å²) in [6.07, 6.45) is 3.40. The predicted molar refractivity (Wildman–Crippen MR) is 167 cm³/mol. The van der Waals surface area contributed by atoms with E-state index in [-0.39, 0.29) is 11.3 Å². The van der Waals surface area contributed by atoms with Gasteiger partial charge in [-0.1, -0.05) is 42.5 Å². The lowest BCUT2D eigenvalue weighted by Crippen LogP contribution is -2.07. The molecule has 6 aromatic rings. The van der Waals surface area contributed by atoms with Crippen LogP contribution in [0.2, 0.25) is 0 Å². The van der Waals surface area contributed by atoms with E-state index in [9.17, 15) is 13.6 Å². The van der Waals surface area contributed by atoms with Crippen molar-refractivity contribution in [3.8, 4) is 34.1 Å². The van der Waals surface area contributed by atoms with Crippen LogP contribution in [0.15, 0.2) is 108 Å². The number of para-hydroxylation sites is 1. The lowest BCUT2D eigenvalue weighted by atomic mass is 10.0. The molecule has 0 aliphatic carbocycles. The highest BCUT2D eigenvalue weighted by Gasteiger charge is 2.18. The van der Waals surface area contributed by atoms with Crippen LogP contribution in [0, 0.1) is 11.6 Å². The zero-order valence-corrected chi connectivity index (χ0v) is 24.1. The summed E-state index contributed by atoms with van der Waals surface area (Å²) in [5.41, 5.74) is 4.22. The number of hydrogen-bond donors (Lipinski definition) is 2. The Kier molecular flexibility index (Phi) is 8.01. The van der Waals surface area contributed by atoms with Crippen LogP contribution in [-0.4, -0.2) is 16.7 Å². The number of methoxy groups -OCH3 is 1. The summed E-state index contributed by atoms with van der Waals surface area (Å²) in [5.74, 6) is -0.0650. The molecule has 0 saturated carbocycles. The van der Waals surface area contributed by atoms with E-state index in [4.69, 9.17) is 14.2 Å². The standard InChI is InChI=1S/C35H29F2N3O4/c1-40-20-28(26-15-16-38-35(41)33(26)40)27-18-25(12-14-30(27)44-31-13-11-24(36)17-29(31)37)39-19-23-9-6-10-32(42-2)34(23)43-21-22-7-4-3-5-8-22/h3-18,20,39H,19,21H2,1-2H3,(H,38,41). The third-order valence-corrected chi connectivity index (χ3v) is 7.27. The Morgan fingerprint density at radius 3 is 2.48 bits per heavy atom. The molecule has 0 bridgehead atoms. The number of aromatic nitrogens is 2. The number of aryl methyl sites for hydroxylation is 1. The minimum absolute atomic E-state index is 0.122. The Labute approximate surface area is 252 Å². The fourth-order valence-corrected chi connectivity index (χ4v) is 5.15. The van der Waals surface area contributed by atoms with Crippen LogP contribution in [0.5, 0.6) is 23.0 Å². The highest BCUT2D eigenvalue weighted by atomic mass is 19.1. The van der Waals surface area contributed by atoms with Crippen LogP contribution in [0.25, 0.3) is 22.0 Å². The highest BCUT2D eigenvalue weighted by Crippen LogP contribution is 2.40. The first-order valence-electron chi connectivity index (χ1n) is 13.9. The third kappa shape index (κ3) is 5.85. The molecule has 0 aliphatic rings. The molecule has 0 spiro atoms. The highest BCUT2D eigenvalue weighted by molar-refractivity contribution is 5.97. The molecule has 0 fully saturated rings. The van der Waals surface area contributed by atoms with Crippen LogP contribution in [0.3, 0.4) is 0 Å². The van der Waals surface area contributed by atoms with Gasteiger partial charge in [-0.2, -0.15) is 0 Å². The Bertz CT molecular complexity index is 2000. The van der Waals surface area contributed by atoms with Gasteiger partial charge in [-0.3, -0.25) is 4.79 Å². The molecule has 0 unspecified atom stereocenters. The maximum absolute atomic E-state index is 14.6. The summed E-state index contributed by atoms with van der Waals surface area (Å²) in [4.78, 5) is 15.3. The third-order valence-electron chi connectivity index (χ3n) is 7.27. The fraction of sp³-hybridized carbons (Fsp3) is 0.114. The zero-order chi connectivity index (χ0) is 30.6. The van der Waals surface area contributed by atoms with Gasteiger partial charge in [0.2, 0.25) is 0 Å². The molecule has 2 aromatic heterocycles. The summed E-state index contributed by atoms with van der Waals surface area (Å²) >= 11 is 0. The van der Waals surface area contributed by atoms with Crippen molar-refractivity contribution >= 4 is 16.6 Å². The van der Waals surface area contributed by atoms with Gasteiger partial charge in [-0.05, 0) is 48.0 Å². The molecule has 6 rings (SSSR count). The molecule has 0 aliphatic heterocycles. The van der Waals surface area contributed by atoms with Crippen LogP contribution < -0.4 is 25.1 Å². The molecule has 0 saturated heterocycles. The van der Waals surface area contributed by atoms with Gasteiger partial charge < -0.3 is 29.1 Å². The van der Waals surface area contributed by atoms with Gasteiger partial charge in [0.05, 0.1) is 7.11 Å². The molecule has 2 heterocycles. The number of rotatable bonds is 10. The Hall–Kier alpha value is -5.57. The van der Waals surface area contributed by atoms with Gasteiger partial charge >= 0.3 is 0 Å². The number of pyridine rings is 1. The number of halogens is 2. The second-order valence-corrected chi connectivity index (χ2v) is 10.2. The lowest BCUT2D eigenvalue weighted by Gasteiger charge is -2.17. The lowest BCUT2D eigenvalue weighted by molar-refractivity contribution is 0.281. The molecule has 9 heteroatoms. The van der Waals surface area contributed by atoms with E-state index in [1.165, 1.54) is 6.07 Å². The quantitative estimate of drug-likeness (QED) is 0.170. The van der Waals surface area contributed by atoms with Crippen molar-refractivity contribution in [1.82, 2.24) is 9.55 Å². The van der Waals surface area contributed by atoms with E-state index in [1.54, 1.807) is 37.1 Å². The van der Waals surface area contributed by atoms with Crippen molar-refractivity contribution in [2.24, 2.45) is 7.05 Å². The van der Waals surface area contributed by atoms with Crippen molar-refractivity contribution in [2.45, 2.75) is 13.2 Å². The molecule has 0 amide bonds. The van der Waals surface area contributed by atoms with Crippen LogP contribution in [0.1, 0.15) is 11.1 Å². The van der Waals surface area contributed by atoms with Gasteiger partial charge in [-0.25, -0.2) is 8.78 Å². The number of ether oxygens (including phenoxy) is 3. The number of hydrogen-bond acceptors (Lipinski definition) is 5. The van der Waals surface area contributed by atoms with Crippen LogP contribution in [-0.2, 0) is 20.2 Å². The second kappa shape index (κ2) is 12.3. The number of aromatic amines is 1. The van der Waals surface area contributed by atoms with Gasteiger partial charge in [0.15, 0.2) is 23.1 Å². The summed E-state index contributed by atoms with van der Waals surface area (Å²) in [6.45, 7) is 0.785. The number of H-pyrrole nitrogens is 1. The number of nitrogens with one attached hydrogen (secondary N) is 2. The molecule has 0 atom stereocenters. The minimum atomic E-state index is -0.825. The molecule has 4 aromatic carbocycles. The van der Waals surface area contributed by atoms with Gasteiger partial charge in [0.25, 0.3) is 5.56 Å². The largest absolute Gasteiger partial charge is 0.493 e. The van der Waals surface area contributed by atoms with Gasteiger partial charge in [0, 0.05) is 59.8 Å². The molecule has 2 N–H and O–H groups in total. The van der Waals surface area contributed by atoms with Crippen molar-refractivity contribution in [2.75, 3.05) is 12.4 Å². The van der Waals surface area contributed by atoms with Gasteiger partial charge in [0.1, 0.15) is 23.7 Å². The Morgan fingerprint density at radius 2 is 1.68 bits per heavy atom. The summed E-state index contributed by atoms with van der Waals surface area (Å²) in [5, 5.41) is 4.14. The van der Waals surface area contributed by atoms with E-state index in [0.29, 0.717) is 52.4 Å². The van der Waals surface area contributed by atoms with Crippen molar-refractivity contribution in [3.63, 3.8) is 0 Å². The molecule has 7 nitrogen and oxygen atoms in total. The second-order valence-electron chi connectivity index (χ2n) is 10.2. The first-order chi connectivity index (χ1) is 21.4. The molecule has 44 heavy (non-hydrogen) atoms. The average Bonchev–Trinajstić information content (AvgIpc) is 3.38. The summed E-state index contributed by atoms with van der Waals surface area (Å²) < 4.78 is 47.7. The molecule has 222 valence electrons. The van der Waals surface area contributed by atoms with E-state index < -0.39 is 11.6 Å². The maximum atomic E-state index is 14.6. The van der Waals surface area contributed by atoms with Crippen LogP contribution in [0.4, 0.5) is 14.5 Å². The number of fused-ring (bicyclic) bond motifs is 1. The van der Waals surface area contributed by atoms with E-state index >= 15 is 0 Å². The average molecular weight is 594 g/mol. The van der Waals surface area contributed by atoms with Crippen molar-refractivity contribution in [1.29, 1.82) is 0 Å². The SMILES string of the molecule is COc1cccc(CNc2ccc(Oc3ccc(F)cc3F)c(-c3cn(C)c4c(=O)[nH]ccc34)c2)c1OCc1ccccc1. The number of benzene rings is 4. The fourth-order valence-electron chi connectivity index (χ4n) is 5.15. The van der Waals surface area contributed by atoms with E-state index in [0.717, 1.165) is 28.9 Å². The Balaban J connectivity index is 1.35. The topological polar surface area (TPSA) is 77.5 Å². The summed E-state index contributed by atoms with van der Waals surface area (Å²) in [6, 6.07) is 25.9. The summed E-state index contributed by atoms with van der Waals surface area (Å²) in [7, 11) is 3.38. The van der Waals surface area contributed by atoms with E-state index in [1.807, 2.05) is 66.9 Å². The van der Waals surface area contributed by atoms with Crippen LogP contribution >= 0.6 is 0 Å². The first kappa shape index (κ1) is 28.5. The normalized spacial score (nSPS) is 11.0. The van der Waals surface area contributed by atoms with Crippen molar-refractivity contribution in [3.05, 3.63) is 137 Å². The number of nitrogens with zero attached hydrogens (tertiary/aromatic N) is 1. The maximum Gasteiger partial charge on any atom is 0.272 e. The monoisotopic (exact) mass is 593 g/mol. The predicted octanol–water partition coefficient (Wildman–Crippen LogP) is 7.80. The molecular formula is C35H29F2N3O4. The smallest absolute Gasteiger partial charge is 0.272 e. The van der Waals surface area contributed by atoms with Crippen molar-refractivity contribution < 1.29 is 23.0 Å². The zero-order valence-electron chi connectivity index (χ0n) is 24.1. The van der Waals surface area contributed by atoms with E-state index in [2.05, 4.69) is 10.3 Å². The van der Waals surface area contributed by atoms with Gasteiger partial charge in [-0.15, -0.1) is 0 Å². The molecule has 0 radical (unpaired) electrons. The Morgan fingerprint density at radius 1 is 0.864 bits per heavy atom. The molecular weight excluding hydrogens is 564 g/mol. The minimum Gasteiger partial charge on any atom is -0.493 e.